The first-order chi connectivity index (χ1) is 14.7. The van der Waals surface area contributed by atoms with Crippen molar-refractivity contribution in [3.05, 3.63) is 48.5 Å². The Kier molecular flexibility index (Phi) is 6.85. The summed E-state index contributed by atoms with van der Waals surface area (Å²) in [5, 5.41) is 0.526. The molecule has 0 spiro atoms. The van der Waals surface area contributed by atoms with E-state index in [0.717, 1.165) is 56.3 Å². The van der Waals surface area contributed by atoms with Crippen LogP contribution in [0.2, 0.25) is 0 Å². The monoisotopic (exact) mass is 425 g/mol. The van der Waals surface area contributed by atoms with Crippen molar-refractivity contribution in [3.63, 3.8) is 0 Å². The van der Waals surface area contributed by atoms with Crippen LogP contribution >= 0.6 is 11.8 Å². The quantitative estimate of drug-likeness (QED) is 0.720. The van der Waals surface area contributed by atoms with Crippen molar-refractivity contribution in [3.8, 4) is 5.75 Å². The second-order valence-corrected chi connectivity index (χ2v) is 9.37. The van der Waals surface area contributed by atoms with Crippen LogP contribution in [0.15, 0.2) is 53.4 Å². The number of hydrogen-bond acceptors (Lipinski definition) is 5. The van der Waals surface area contributed by atoms with Crippen LogP contribution in [0.4, 0.5) is 11.4 Å². The summed E-state index contributed by atoms with van der Waals surface area (Å²) in [5.41, 5.74) is 2.22. The molecule has 2 aromatic carbocycles. The van der Waals surface area contributed by atoms with Crippen molar-refractivity contribution < 1.29 is 9.53 Å². The average molecular weight is 426 g/mol. The van der Waals surface area contributed by atoms with Crippen LogP contribution in [0.3, 0.4) is 0 Å². The number of anilines is 2. The van der Waals surface area contributed by atoms with Gasteiger partial charge in [-0.2, -0.15) is 0 Å². The summed E-state index contributed by atoms with van der Waals surface area (Å²) in [7, 11) is 0. The number of amides is 1. The molecular formula is C24H31N3O2S. The Morgan fingerprint density at radius 3 is 2.47 bits per heavy atom. The number of rotatable bonds is 5. The minimum absolute atomic E-state index is 0.209. The van der Waals surface area contributed by atoms with E-state index in [-0.39, 0.29) is 5.91 Å². The van der Waals surface area contributed by atoms with Gasteiger partial charge in [-0.25, -0.2) is 0 Å². The van der Waals surface area contributed by atoms with Gasteiger partial charge in [0.1, 0.15) is 5.75 Å². The van der Waals surface area contributed by atoms with Crippen LogP contribution in [0.5, 0.6) is 5.75 Å². The molecule has 1 atom stereocenters. The van der Waals surface area contributed by atoms with E-state index in [1.54, 1.807) is 0 Å². The van der Waals surface area contributed by atoms with Crippen molar-refractivity contribution in [2.45, 2.75) is 30.4 Å². The van der Waals surface area contributed by atoms with Gasteiger partial charge in [-0.3, -0.25) is 9.69 Å². The Morgan fingerprint density at radius 1 is 1.00 bits per heavy atom. The van der Waals surface area contributed by atoms with Gasteiger partial charge in [-0.05, 0) is 37.6 Å². The molecule has 5 nitrogen and oxygen atoms in total. The standard InChI is InChI=1S/C24H31N3O2S/c1-3-29-22-10-6-4-8-20(22)26-16-14-25(15-17-26)18-24(28)27-13-12-19(2)30-23-11-7-5-9-21(23)27/h4-11,19H,3,12-18H2,1-2H3/t19-/m1/s1. The first kappa shape index (κ1) is 21.1. The first-order valence-electron chi connectivity index (χ1n) is 10.9. The Labute approximate surface area is 184 Å². The lowest BCUT2D eigenvalue weighted by molar-refractivity contribution is -0.119. The molecule has 2 aromatic rings. The van der Waals surface area contributed by atoms with E-state index in [1.807, 2.05) is 41.8 Å². The molecule has 2 heterocycles. The van der Waals surface area contributed by atoms with E-state index in [2.05, 4.69) is 47.1 Å². The smallest absolute Gasteiger partial charge is 0.241 e. The third kappa shape index (κ3) is 4.76. The summed E-state index contributed by atoms with van der Waals surface area (Å²) < 4.78 is 5.80. The van der Waals surface area contributed by atoms with E-state index >= 15 is 0 Å². The number of piperazine rings is 1. The first-order valence-corrected chi connectivity index (χ1v) is 11.8. The van der Waals surface area contributed by atoms with E-state index < -0.39 is 0 Å². The summed E-state index contributed by atoms with van der Waals surface area (Å²) in [5.74, 6) is 1.15. The number of thioether (sulfide) groups is 1. The number of nitrogens with zero attached hydrogens (tertiary/aromatic N) is 3. The summed E-state index contributed by atoms with van der Waals surface area (Å²) >= 11 is 1.88. The largest absolute Gasteiger partial charge is 0.492 e. The van der Waals surface area contributed by atoms with Gasteiger partial charge in [0.05, 0.1) is 24.5 Å². The molecule has 1 fully saturated rings. The lowest BCUT2D eigenvalue weighted by atomic mass is 10.2. The zero-order valence-electron chi connectivity index (χ0n) is 17.9. The van der Waals surface area contributed by atoms with E-state index in [9.17, 15) is 4.79 Å². The molecule has 30 heavy (non-hydrogen) atoms. The normalized spacial score (nSPS) is 19.9. The maximum absolute atomic E-state index is 13.2. The number of carbonyl (C=O) groups is 1. The number of ether oxygens (including phenoxy) is 1. The molecule has 2 aliphatic rings. The summed E-state index contributed by atoms with van der Waals surface area (Å²) in [6.45, 7) is 9.77. The summed E-state index contributed by atoms with van der Waals surface area (Å²) in [4.78, 5) is 21.1. The SMILES string of the molecule is CCOc1ccccc1N1CCN(CC(=O)N2CC[C@@H](C)Sc3ccccc32)CC1. The van der Waals surface area contributed by atoms with Crippen molar-refractivity contribution in [2.24, 2.45) is 0 Å². The lowest BCUT2D eigenvalue weighted by Crippen LogP contribution is -2.50. The van der Waals surface area contributed by atoms with Crippen LogP contribution in [0, 0.1) is 0 Å². The number of hydrogen-bond donors (Lipinski definition) is 0. The summed E-state index contributed by atoms with van der Waals surface area (Å²) in [6.07, 6.45) is 1.02. The highest BCUT2D eigenvalue weighted by molar-refractivity contribution is 8.00. The van der Waals surface area contributed by atoms with Gasteiger partial charge in [-0.15, -0.1) is 11.8 Å². The van der Waals surface area contributed by atoms with Crippen molar-refractivity contribution in [1.82, 2.24) is 4.90 Å². The lowest BCUT2D eigenvalue weighted by Gasteiger charge is -2.37. The third-order valence-corrected chi connectivity index (χ3v) is 7.02. The minimum Gasteiger partial charge on any atom is -0.492 e. The van der Waals surface area contributed by atoms with Gasteiger partial charge in [-0.1, -0.05) is 31.2 Å². The van der Waals surface area contributed by atoms with Gasteiger partial charge in [0.2, 0.25) is 5.91 Å². The number of para-hydroxylation sites is 3. The van der Waals surface area contributed by atoms with E-state index in [4.69, 9.17) is 4.74 Å². The Bertz CT molecular complexity index is 867. The molecular weight excluding hydrogens is 394 g/mol. The predicted molar refractivity (Wildman–Crippen MR) is 125 cm³/mol. The molecule has 6 heteroatoms. The molecule has 0 bridgehead atoms. The predicted octanol–water partition coefficient (Wildman–Crippen LogP) is 4.12. The molecule has 0 aromatic heterocycles. The summed E-state index contributed by atoms with van der Waals surface area (Å²) in [6, 6.07) is 16.5. The van der Waals surface area contributed by atoms with Crippen LogP contribution in [-0.2, 0) is 4.79 Å². The molecule has 1 amide bonds. The molecule has 1 saturated heterocycles. The number of carbonyl (C=O) groups excluding carboxylic acids is 1. The van der Waals surface area contributed by atoms with Crippen molar-refractivity contribution in [1.29, 1.82) is 0 Å². The fraction of sp³-hybridized carbons (Fsp3) is 0.458. The van der Waals surface area contributed by atoms with E-state index in [1.165, 1.54) is 4.90 Å². The Balaban J connectivity index is 1.38. The minimum atomic E-state index is 0.209. The van der Waals surface area contributed by atoms with Crippen molar-refractivity contribution >= 4 is 29.0 Å². The van der Waals surface area contributed by atoms with Gasteiger partial charge in [0.15, 0.2) is 0 Å². The van der Waals surface area contributed by atoms with Gasteiger partial charge in [0, 0.05) is 42.9 Å². The Hall–Kier alpha value is -2.18. The molecule has 0 N–H and O–H groups in total. The second kappa shape index (κ2) is 9.75. The van der Waals surface area contributed by atoms with Crippen molar-refractivity contribution in [2.75, 3.05) is 55.7 Å². The number of benzene rings is 2. The molecule has 4 rings (SSSR count). The molecule has 0 aliphatic carbocycles. The fourth-order valence-corrected chi connectivity index (χ4v) is 5.28. The van der Waals surface area contributed by atoms with Gasteiger partial charge in [0.25, 0.3) is 0 Å². The fourth-order valence-electron chi connectivity index (χ4n) is 4.17. The average Bonchev–Trinajstić information content (AvgIpc) is 2.93. The maximum Gasteiger partial charge on any atom is 0.241 e. The topological polar surface area (TPSA) is 36.0 Å². The second-order valence-electron chi connectivity index (χ2n) is 7.89. The van der Waals surface area contributed by atoms with Gasteiger partial charge < -0.3 is 14.5 Å². The number of fused-ring (bicyclic) bond motifs is 1. The van der Waals surface area contributed by atoms with Crippen LogP contribution in [0.1, 0.15) is 20.3 Å². The molecule has 160 valence electrons. The zero-order valence-corrected chi connectivity index (χ0v) is 18.7. The highest BCUT2D eigenvalue weighted by atomic mass is 32.2. The van der Waals surface area contributed by atoms with Crippen LogP contribution < -0.4 is 14.5 Å². The van der Waals surface area contributed by atoms with Gasteiger partial charge >= 0.3 is 0 Å². The maximum atomic E-state index is 13.2. The molecule has 0 radical (unpaired) electrons. The third-order valence-electron chi connectivity index (χ3n) is 5.78. The molecule has 0 saturated carbocycles. The highest BCUT2D eigenvalue weighted by Crippen LogP contribution is 2.37. The Morgan fingerprint density at radius 2 is 1.70 bits per heavy atom. The van der Waals surface area contributed by atoms with Crippen LogP contribution in [0.25, 0.3) is 0 Å². The zero-order chi connectivity index (χ0) is 20.9. The van der Waals surface area contributed by atoms with E-state index in [0.29, 0.717) is 18.4 Å². The molecule has 0 unspecified atom stereocenters. The van der Waals surface area contributed by atoms with Crippen LogP contribution in [-0.4, -0.2) is 61.9 Å². The molecule has 2 aliphatic heterocycles. The highest BCUT2D eigenvalue weighted by Gasteiger charge is 2.27.